The number of carbonyl (C=O) groups is 2. The molecule has 0 saturated carbocycles. The van der Waals surface area contributed by atoms with Crippen molar-refractivity contribution >= 4 is 50.4 Å². The van der Waals surface area contributed by atoms with Crippen LogP contribution in [0, 0.1) is 6.92 Å². The third-order valence-corrected chi connectivity index (χ3v) is 6.54. The summed E-state index contributed by atoms with van der Waals surface area (Å²) in [5.41, 5.74) is 3.56. The lowest BCUT2D eigenvalue weighted by Gasteiger charge is -2.34. The van der Waals surface area contributed by atoms with Gasteiger partial charge in [0.1, 0.15) is 5.75 Å². The number of thioether (sulfide) groups is 1. The molecule has 2 heterocycles. The van der Waals surface area contributed by atoms with Crippen LogP contribution in [0.25, 0.3) is 0 Å². The van der Waals surface area contributed by atoms with Gasteiger partial charge >= 0.3 is 5.97 Å². The van der Waals surface area contributed by atoms with Gasteiger partial charge in [-0.2, -0.15) is 0 Å². The van der Waals surface area contributed by atoms with Gasteiger partial charge in [0.2, 0.25) is 0 Å². The van der Waals surface area contributed by atoms with Gasteiger partial charge in [-0.1, -0.05) is 45.4 Å². The van der Waals surface area contributed by atoms with Crippen molar-refractivity contribution in [3.8, 4) is 5.75 Å². The Balaban J connectivity index is 1.63. The molecule has 2 aromatic carbocycles. The molecule has 0 saturated heterocycles. The fourth-order valence-electron chi connectivity index (χ4n) is 3.72. The molecule has 34 heavy (non-hydrogen) atoms. The molecule has 2 aliphatic heterocycles. The molecule has 4 rings (SSSR count). The summed E-state index contributed by atoms with van der Waals surface area (Å²) in [7, 11) is 0. The maximum Gasteiger partial charge on any atom is 0.338 e. The Hall–Kier alpha value is -3.04. The molecule has 176 valence electrons. The van der Waals surface area contributed by atoms with Crippen LogP contribution in [0.5, 0.6) is 5.75 Å². The van der Waals surface area contributed by atoms with Crippen LogP contribution in [0.4, 0.5) is 5.69 Å². The maximum atomic E-state index is 12.9. The number of aryl methyl sites for hydroxylation is 1. The number of amidine groups is 1. The average Bonchev–Trinajstić information content (AvgIpc) is 3.27. The largest absolute Gasteiger partial charge is 0.483 e. The summed E-state index contributed by atoms with van der Waals surface area (Å²) in [4.78, 5) is 32.0. The number of nitrogens with one attached hydrogen (secondary N) is 1. The van der Waals surface area contributed by atoms with Crippen molar-refractivity contribution in [2.75, 3.05) is 18.5 Å². The number of allylic oxidation sites excluding steroid dienone is 1. The van der Waals surface area contributed by atoms with E-state index in [1.54, 1.807) is 19.9 Å². The van der Waals surface area contributed by atoms with Crippen molar-refractivity contribution in [3.63, 3.8) is 0 Å². The Morgan fingerprint density at radius 3 is 2.68 bits per heavy atom. The number of rotatable bonds is 7. The number of esters is 1. The summed E-state index contributed by atoms with van der Waals surface area (Å²) >= 11 is 5.01. The predicted molar refractivity (Wildman–Crippen MR) is 138 cm³/mol. The fraction of sp³-hybridized carbons (Fsp3) is 0.240. The Labute approximate surface area is 211 Å². The first-order chi connectivity index (χ1) is 16.4. The fourth-order valence-corrected chi connectivity index (χ4v) is 4.89. The molecule has 2 aliphatic rings. The van der Waals surface area contributed by atoms with E-state index in [2.05, 4.69) is 26.2 Å². The van der Waals surface area contributed by atoms with Gasteiger partial charge in [0.05, 0.1) is 23.9 Å². The summed E-state index contributed by atoms with van der Waals surface area (Å²) < 4.78 is 12.1. The summed E-state index contributed by atoms with van der Waals surface area (Å²) in [6.07, 6.45) is 1.88. The van der Waals surface area contributed by atoms with E-state index in [1.165, 1.54) is 11.8 Å². The summed E-state index contributed by atoms with van der Waals surface area (Å²) in [5.74, 6) is -0.216. The van der Waals surface area contributed by atoms with Crippen molar-refractivity contribution in [2.24, 2.45) is 4.99 Å². The zero-order chi connectivity index (χ0) is 24.2. The lowest BCUT2D eigenvalue weighted by molar-refractivity contribution is -0.139. The summed E-state index contributed by atoms with van der Waals surface area (Å²) in [5, 5.41) is 5.52. The van der Waals surface area contributed by atoms with Crippen LogP contribution in [0.2, 0.25) is 0 Å². The average molecular weight is 542 g/mol. The van der Waals surface area contributed by atoms with Crippen LogP contribution in [0.3, 0.4) is 0 Å². The van der Waals surface area contributed by atoms with Crippen molar-refractivity contribution in [1.82, 2.24) is 4.90 Å². The van der Waals surface area contributed by atoms with E-state index in [4.69, 9.17) is 9.47 Å². The van der Waals surface area contributed by atoms with Crippen molar-refractivity contribution < 1.29 is 19.1 Å². The lowest BCUT2D eigenvalue weighted by Crippen LogP contribution is -2.34. The molecule has 0 fully saturated rings. The van der Waals surface area contributed by atoms with Crippen molar-refractivity contribution in [1.29, 1.82) is 0 Å². The lowest BCUT2D eigenvalue weighted by atomic mass is 9.94. The first kappa shape index (κ1) is 24.1. The summed E-state index contributed by atoms with van der Waals surface area (Å²) in [6.45, 7) is 5.63. The van der Waals surface area contributed by atoms with E-state index in [-0.39, 0.29) is 19.1 Å². The molecular weight excluding hydrogens is 518 g/mol. The molecule has 0 spiro atoms. The van der Waals surface area contributed by atoms with E-state index >= 15 is 0 Å². The van der Waals surface area contributed by atoms with Gasteiger partial charge in [-0.15, -0.1) is 0 Å². The zero-order valence-corrected chi connectivity index (χ0v) is 21.4. The van der Waals surface area contributed by atoms with Crippen LogP contribution in [-0.4, -0.2) is 35.2 Å². The van der Waals surface area contributed by atoms with Crippen LogP contribution in [0.15, 0.2) is 74.8 Å². The van der Waals surface area contributed by atoms with Gasteiger partial charge < -0.3 is 19.7 Å². The van der Waals surface area contributed by atoms with Crippen molar-refractivity contribution in [3.05, 3.63) is 80.9 Å². The highest BCUT2D eigenvalue weighted by molar-refractivity contribution is 9.10. The monoisotopic (exact) mass is 541 g/mol. The predicted octanol–water partition coefficient (Wildman–Crippen LogP) is 5.54. The number of fused-ring (bicyclic) bond motifs is 1. The number of hydrogen-bond acceptors (Lipinski definition) is 7. The van der Waals surface area contributed by atoms with E-state index in [9.17, 15) is 9.59 Å². The van der Waals surface area contributed by atoms with Gasteiger partial charge in [-0.05, 0) is 56.5 Å². The highest BCUT2D eigenvalue weighted by Crippen LogP contribution is 2.44. The van der Waals surface area contributed by atoms with Crippen LogP contribution >= 0.6 is 27.7 Å². The highest BCUT2D eigenvalue weighted by atomic mass is 79.9. The Morgan fingerprint density at radius 1 is 1.18 bits per heavy atom. The summed E-state index contributed by atoms with van der Waals surface area (Å²) in [6, 6.07) is 12.6. The second-order valence-corrected chi connectivity index (χ2v) is 9.50. The molecular formula is C25H24BrN3O4S. The third-order valence-electron chi connectivity index (χ3n) is 5.28. The second kappa shape index (κ2) is 10.5. The molecule has 1 atom stereocenters. The number of nitrogens with zero attached hydrogens (tertiary/aromatic N) is 2. The van der Waals surface area contributed by atoms with Crippen LogP contribution in [0.1, 0.15) is 31.0 Å². The number of halogens is 1. The number of anilines is 1. The van der Waals surface area contributed by atoms with Crippen molar-refractivity contribution in [2.45, 2.75) is 26.8 Å². The number of carbonyl (C=O) groups excluding carboxylic acids is 2. The topological polar surface area (TPSA) is 80.2 Å². The van der Waals surface area contributed by atoms with Gasteiger partial charge in [-0.3, -0.25) is 4.79 Å². The van der Waals surface area contributed by atoms with Crippen LogP contribution in [-0.2, 0) is 14.3 Å². The van der Waals surface area contributed by atoms with Crippen LogP contribution < -0.4 is 10.1 Å². The minimum Gasteiger partial charge on any atom is -0.483 e. The molecule has 0 unspecified atom stereocenters. The van der Waals surface area contributed by atoms with E-state index in [1.807, 2.05) is 59.8 Å². The Morgan fingerprint density at radius 2 is 1.94 bits per heavy atom. The number of aliphatic imine (C=N–C) groups is 1. The Kier molecular flexibility index (Phi) is 7.43. The highest BCUT2D eigenvalue weighted by Gasteiger charge is 2.39. The first-order valence-corrected chi connectivity index (χ1v) is 12.4. The molecule has 0 aliphatic carbocycles. The molecule has 1 N–H and O–H groups in total. The van der Waals surface area contributed by atoms with E-state index in [0.29, 0.717) is 22.7 Å². The van der Waals surface area contributed by atoms with Gasteiger partial charge in [0, 0.05) is 21.9 Å². The first-order valence-electron chi connectivity index (χ1n) is 10.7. The molecule has 0 aromatic heterocycles. The molecule has 0 bridgehead atoms. The molecule has 2 aromatic rings. The normalized spacial score (nSPS) is 16.8. The molecule has 9 heteroatoms. The molecule has 0 radical (unpaired) electrons. The number of ether oxygens (including phenoxy) is 2. The third kappa shape index (κ3) is 5.20. The van der Waals surface area contributed by atoms with E-state index < -0.39 is 12.0 Å². The number of benzene rings is 2. The molecule has 1 amide bonds. The smallest absolute Gasteiger partial charge is 0.338 e. The standard InChI is InChI=1S/C25H24BrN3O4S/c1-4-32-24(31)22-16(3)27-25-29(11-12-34-25)23(22)19-13-17(26)7-10-20(19)33-14-21(30)28-18-8-5-15(2)6-9-18/h5-13,23H,4,14H2,1-3H3,(H,28,30)/t23-/m1/s1. The zero-order valence-electron chi connectivity index (χ0n) is 19.0. The molecule has 7 nitrogen and oxygen atoms in total. The Bertz CT molecular complexity index is 1210. The second-order valence-electron chi connectivity index (χ2n) is 7.71. The van der Waals surface area contributed by atoms with Gasteiger partial charge in [0.25, 0.3) is 5.91 Å². The van der Waals surface area contributed by atoms with Gasteiger partial charge in [-0.25, -0.2) is 9.79 Å². The number of amides is 1. The SMILES string of the molecule is CCOC(=O)C1=C(C)N=C2SC=CN2[C@@H]1c1cc(Br)ccc1OCC(=O)Nc1ccc(C)cc1. The quantitative estimate of drug-likeness (QED) is 0.463. The maximum absolute atomic E-state index is 12.9. The minimum absolute atomic E-state index is 0.182. The van der Waals surface area contributed by atoms with E-state index in [0.717, 1.165) is 20.8 Å². The number of hydrogen-bond donors (Lipinski definition) is 1. The minimum atomic E-state index is -0.509. The van der Waals surface area contributed by atoms with Gasteiger partial charge in [0.15, 0.2) is 11.8 Å².